The molecule has 248 valence electrons. The van der Waals surface area contributed by atoms with Crippen molar-refractivity contribution < 1.29 is 14.6 Å². The normalized spacial score (nSPS) is 14.9. The van der Waals surface area contributed by atoms with Crippen LogP contribution in [0, 0.1) is 11.3 Å². The van der Waals surface area contributed by atoms with Gasteiger partial charge in [0.05, 0.1) is 0 Å². The number of rotatable bonds is 8. The summed E-state index contributed by atoms with van der Waals surface area (Å²) in [5.41, 5.74) is 7.76. The van der Waals surface area contributed by atoms with E-state index in [9.17, 15) is 9.90 Å². The molecule has 0 bridgehead atoms. The number of ether oxygens (including phenoxy) is 1. The first-order valence-electron chi connectivity index (χ1n) is 17.0. The van der Waals surface area contributed by atoms with Crippen molar-refractivity contribution in [1.29, 1.82) is 5.26 Å². The van der Waals surface area contributed by atoms with E-state index in [2.05, 4.69) is 132 Å². The van der Waals surface area contributed by atoms with E-state index in [4.69, 9.17) is 10.00 Å². The predicted octanol–water partition coefficient (Wildman–Crippen LogP) is 11.3. The van der Waals surface area contributed by atoms with Crippen LogP contribution in [0.5, 0.6) is 5.75 Å². The second-order valence-corrected chi connectivity index (χ2v) is 12.6. The van der Waals surface area contributed by atoms with Crippen LogP contribution in [0.3, 0.4) is 0 Å². The highest BCUT2D eigenvalue weighted by molar-refractivity contribution is 5.98. The Morgan fingerprint density at radius 1 is 0.654 bits per heavy atom. The minimum atomic E-state index is -1.24. The monoisotopic (exact) mass is 672 g/mol. The van der Waals surface area contributed by atoms with E-state index in [0.717, 1.165) is 61.4 Å². The molecule has 0 amide bonds. The molecule has 1 N–H and O–H groups in total. The van der Waals surface area contributed by atoms with Crippen molar-refractivity contribution in [3.8, 4) is 22.9 Å². The van der Waals surface area contributed by atoms with Crippen LogP contribution in [0.1, 0.15) is 22.3 Å². The largest absolute Gasteiger partial charge is 0.477 e. The number of para-hydroxylation sites is 2. The third kappa shape index (κ3) is 6.00. The van der Waals surface area contributed by atoms with E-state index in [1.807, 2.05) is 54.6 Å². The van der Waals surface area contributed by atoms with Gasteiger partial charge in [0.25, 0.3) is 0 Å². The fourth-order valence-electron chi connectivity index (χ4n) is 6.88. The molecule has 0 radical (unpaired) electrons. The molecule has 8 rings (SSSR count). The van der Waals surface area contributed by atoms with Gasteiger partial charge in [-0.15, -0.1) is 0 Å². The lowest BCUT2D eigenvalue weighted by atomic mass is 9.82. The van der Waals surface area contributed by atoms with Crippen LogP contribution in [-0.4, -0.2) is 11.1 Å². The number of hydrogen-bond acceptors (Lipinski definition) is 4. The predicted molar refractivity (Wildman–Crippen MR) is 209 cm³/mol. The molecule has 0 fully saturated rings. The van der Waals surface area contributed by atoms with Gasteiger partial charge in [0.1, 0.15) is 17.4 Å². The summed E-state index contributed by atoms with van der Waals surface area (Å²) in [5, 5.41) is 20.5. The summed E-state index contributed by atoms with van der Waals surface area (Å²) in [6.45, 7) is 0. The molecule has 1 unspecified atom stereocenters. The number of nitrogens with zero attached hydrogens (tertiary/aromatic N) is 2. The summed E-state index contributed by atoms with van der Waals surface area (Å²) in [6.07, 6.45) is 5.71. The van der Waals surface area contributed by atoms with E-state index < -0.39 is 11.6 Å². The second kappa shape index (κ2) is 13.6. The third-order valence-corrected chi connectivity index (χ3v) is 9.47. The van der Waals surface area contributed by atoms with Crippen LogP contribution in [-0.2, 0) is 10.4 Å². The lowest BCUT2D eigenvalue weighted by molar-refractivity contribution is -0.132. The highest BCUT2D eigenvalue weighted by atomic mass is 16.5. The maximum absolute atomic E-state index is 11.3. The molecule has 0 aromatic heterocycles. The van der Waals surface area contributed by atoms with Gasteiger partial charge in [0, 0.05) is 33.8 Å². The van der Waals surface area contributed by atoms with Gasteiger partial charge in [0.2, 0.25) is 0 Å². The Morgan fingerprint density at radius 2 is 1.23 bits per heavy atom. The molecule has 0 saturated carbocycles. The van der Waals surface area contributed by atoms with Gasteiger partial charge in [-0.2, -0.15) is 5.26 Å². The average molecular weight is 673 g/mol. The van der Waals surface area contributed by atoms with Crippen molar-refractivity contribution in [3.63, 3.8) is 0 Å². The zero-order valence-corrected chi connectivity index (χ0v) is 28.1. The van der Waals surface area contributed by atoms with E-state index >= 15 is 0 Å². The number of fused-ring (bicyclic) bond motifs is 3. The van der Waals surface area contributed by atoms with Crippen molar-refractivity contribution in [3.05, 3.63) is 204 Å². The van der Waals surface area contributed by atoms with Gasteiger partial charge < -0.3 is 14.7 Å². The van der Waals surface area contributed by atoms with Gasteiger partial charge in [0.15, 0.2) is 5.60 Å². The maximum Gasteiger partial charge on any atom is 0.346 e. The fourth-order valence-corrected chi connectivity index (χ4v) is 6.88. The summed E-state index contributed by atoms with van der Waals surface area (Å²) in [7, 11) is 0. The van der Waals surface area contributed by atoms with E-state index in [1.165, 1.54) is 6.08 Å². The molecule has 7 aromatic rings. The van der Waals surface area contributed by atoms with Crippen LogP contribution < -0.4 is 9.64 Å². The van der Waals surface area contributed by atoms with Crippen LogP contribution in [0.15, 0.2) is 182 Å². The highest BCUT2D eigenvalue weighted by Gasteiger charge is 2.37. The Kier molecular flexibility index (Phi) is 8.40. The quantitative estimate of drug-likeness (QED) is 0.128. The topological polar surface area (TPSA) is 73.6 Å². The number of benzene rings is 7. The maximum atomic E-state index is 11.3. The van der Waals surface area contributed by atoms with Crippen molar-refractivity contribution in [2.24, 2.45) is 0 Å². The summed E-state index contributed by atoms with van der Waals surface area (Å²) >= 11 is 0. The van der Waals surface area contributed by atoms with Crippen molar-refractivity contribution in [2.75, 3.05) is 4.90 Å². The van der Waals surface area contributed by atoms with Gasteiger partial charge in [-0.05, 0) is 88.2 Å². The number of hydrogen-bond donors (Lipinski definition) is 1. The van der Waals surface area contributed by atoms with Crippen molar-refractivity contribution in [1.82, 2.24) is 0 Å². The van der Waals surface area contributed by atoms with E-state index in [-0.39, 0.29) is 5.57 Å². The fraction of sp³-hybridized carbons (Fsp3) is 0.0213. The smallest absolute Gasteiger partial charge is 0.346 e. The minimum Gasteiger partial charge on any atom is -0.477 e. The molecule has 1 atom stereocenters. The molecule has 0 aliphatic carbocycles. The van der Waals surface area contributed by atoms with Crippen LogP contribution in [0.2, 0.25) is 0 Å². The van der Waals surface area contributed by atoms with Gasteiger partial charge in [-0.1, -0.05) is 127 Å². The minimum absolute atomic E-state index is 0.305. The zero-order valence-electron chi connectivity index (χ0n) is 28.1. The summed E-state index contributed by atoms with van der Waals surface area (Å²) < 4.78 is 7.07. The first kappa shape index (κ1) is 32.1. The number of carbonyl (C=O) groups is 1. The molecule has 1 aliphatic rings. The lowest BCUT2D eigenvalue weighted by Crippen LogP contribution is -2.34. The SMILES string of the molecule is N#C/C(=C/c1ccc(-c2ccc(C3(c4ccccc4)C=Cc4c(ccc5cc(N(c6ccccc6)c6ccccc6)ccc45)O3)cc2)cc1)C(=O)O. The Morgan fingerprint density at radius 3 is 1.83 bits per heavy atom. The Hall–Kier alpha value is -7.16. The zero-order chi connectivity index (χ0) is 35.5. The van der Waals surface area contributed by atoms with Crippen LogP contribution in [0.4, 0.5) is 17.1 Å². The number of nitriles is 1. The molecule has 52 heavy (non-hydrogen) atoms. The second-order valence-electron chi connectivity index (χ2n) is 12.6. The molecule has 5 nitrogen and oxygen atoms in total. The number of anilines is 3. The lowest BCUT2D eigenvalue weighted by Gasteiger charge is -2.36. The summed E-state index contributed by atoms with van der Waals surface area (Å²) in [6, 6.07) is 59.4. The van der Waals surface area contributed by atoms with Crippen molar-refractivity contribution >= 4 is 46.0 Å². The molecule has 0 spiro atoms. The standard InChI is InChI=1S/C47H32N2O3/c48-32-37(46(50)51)30-33-16-18-34(19-17-33)35-20-23-39(24-21-35)47(38-10-4-1-5-11-38)29-28-44-43-26-25-42(31-36(43)22-27-45(44)52-47)49(40-12-6-2-7-13-40)41-14-8-3-9-15-41/h1-31H,(H,50,51)/b37-30-. The molecule has 7 aromatic carbocycles. The Labute approximate surface area is 302 Å². The van der Waals surface area contributed by atoms with Gasteiger partial charge >= 0.3 is 5.97 Å². The van der Waals surface area contributed by atoms with Gasteiger partial charge in [-0.3, -0.25) is 0 Å². The van der Waals surface area contributed by atoms with Gasteiger partial charge in [-0.25, -0.2) is 4.79 Å². The molecule has 0 saturated heterocycles. The summed E-state index contributed by atoms with van der Waals surface area (Å²) in [4.78, 5) is 13.5. The van der Waals surface area contributed by atoms with Crippen LogP contribution >= 0.6 is 0 Å². The third-order valence-electron chi connectivity index (χ3n) is 9.47. The Balaban J connectivity index is 1.14. The van der Waals surface area contributed by atoms with E-state index in [0.29, 0.717) is 5.56 Å². The molecular weight excluding hydrogens is 641 g/mol. The van der Waals surface area contributed by atoms with Crippen LogP contribution in [0.25, 0.3) is 34.1 Å². The molecule has 5 heteroatoms. The van der Waals surface area contributed by atoms with E-state index in [1.54, 1.807) is 6.07 Å². The van der Waals surface area contributed by atoms with Crippen molar-refractivity contribution in [2.45, 2.75) is 5.60 Å². The molecular formula is C47H32N2O3. The molecule has 1 heterocycles. The number of carboxylic acid groups (broad SMARTS) is 1. The molecule has 1 aliphatic heterocycles. The first-order valence-corrected chi connectivity index (χ1v) is 17.0. The highest BCUT2D eigenvalue weighted by Crippen LogP contribution is 2.45. The summed E-state index contributed by atoms with van der Waals surface area (Å²) in [5.74, 6) is -0.437. The first-order chi connectivity index (χ1) is 25.5. The average Bonchev–Trinajstić information content (AvgIpc) is 3.21. The Bertz CT molecular complexity index is 2460. The number of aliphatic carboxylic acids is 1. The number of carboxylic acids is 1.